The second-order valence-electron chi connectivity index (χ2n) is 8.03. The smallest absolute Gasteiger partial charge is 0.167 e. The molecule has 0 spiro atoms. The summed E-state index contributed by atoms with van der Waals surface area (Å²) in [6.07, 6.45) is 1.37. The van der Waals surface area contributed by atoms with Crippen LogP contribution < -0.4 is 5.73 Å². The van der Waals surface area contributed by atoms with Gasteiger partial charge in [0, 0.05) is 23.4 Å². The SMILES string of the molecule is N[C@]1(c2ccccc2)C[C@H]1c1ccc(CC(=O)c2cccc3ccccc23)cc1. The summed E-state index contributed by atoms with van der Waals surface area (Å²) in [5.74, 6) is 0.492. The van der Waals surface area contributed by atoms with Crippen LogP contribution in [-0.4, -0.2) is 5.78 Å². The Bertz CT molecular complexity index is 1170. The van der Waals surface area contributed by atoms with Crippen LogP contribution in [0.15, 0.2) is 97.1 Å². The van der Waals surface area contributed by atoms with E-state index >= 15 is 0 Å². The zero-order valence-corrected chi connectivity index (χ0v) is 16.2. The van der Waals surface area contributed by atoms with E-state index in [-0.39, 0.29) is 11.3 Å². The highest BCUT2D eigenvalue weighted by atomic mass is 16.1. The number of hydrogen-bond donors (Lipinski definition) is 1. The van der Waals surface area contributed by atoms with Gasteiger partial charge in [0.05, 0.1) is 0 Å². The maximum atomic E-state index is 12.9. The molecule has 142 valence electrons. The molecule has 0 heterocycles. The van der Waals surface area contributed by atoms with Crippen molar-refractivity contribution in [1.29, 1.82) is 0 Å². The summed E-state index contributed by atoms with van der Waals surface area (Å²) < 4.78 is 0. The molecule has 2 nitrogen and oxygen atoms in total. The Morgan fingerprint density at radius 3 is 2.31 bits per heavy atom. The van der Waals surface area contributed by atoms with Crippen LogP contribution in [0.2, 0.25) is 0 Å². The standard InChI is InChI=1S/C27H23NO/c28-27(22-9-2-1-3-10-22)18-25(27)21-15-13-19(14-16-21)17-26(29)24-12-6-8-20-7-4-5-11-23(20)24/h1-16,25H,17-18,28H2/t25-,27-/m0/s1. The summed E-state index contributed by atoms with van der Waals surface area (Å²) in [4.78, 5) is 12.9. The van der Waals surface area contributed by atoms with Crippen LogP contribution in [-0.2, 0) is 12.0 Å². The molecule has 0 aromatic heterocycles. The van der Waals surface area contributed by atoms with Crippen LogP contribution in [0.3, 0.4) is 0 Å². The quantitative estimate of drug-likeness (QED) is 0.460. The van der Waals surface area contributed by atoms with E-state index in [1.807, 2.05) is 60.7 Å². The molecule has 0 radical (unpaired) electrons. The minimum absolute atomic E-state index is 0.151. The van der Waals surface area contributed by atoms with Crippen molar-refractivity contribution in [2.24, 2.45) is 5.73 Å². The molecule has 0 aliphatic heterocycles. The van der Waals surface area contributed by atoms with Gasteiger partial charge >= 0.3 is 0 Å². The van der Waals surface area contributed by atoms with Gasteiger partial charge in [-0.3, -0.25) is 4.79 Å². The third-order valence-corrected chi connectivity index (χ3v) is 6.15. The van der Waals surface area contributed by atoms with Crippen molar-refractivity contribution in [2.75, 3.05) is 0 Å². The number of ketones is 1. The van der Waals surface area contributed by atoms with E-state index < -0.39 is 0 Å². The first kappa shape index (κ1) is 17.8. The van der Waals surface area contributed by atoms with Crippen molar-refractivity contribution in [3.8, 4) is 0 Å². The minimum atomic E-state index is -0.262. The Hall–Kier alpha value is -3.23. The lowest BCUT2D eigenvalue weighted by atomic mass is 9.95. The summed E-state index contributed by atoms with van der Waals surface area (Å²) in [5, 5.41) is 2.12. The fourth-order valence-electron chi connectivity index (χ4n) is 4.38. The van der Waals surface area contributed by atoms with Gasteiger partial charge in [-0.2, -0.15) is 0 Å². The monoisotopic (exact) mass is 377 g/mol. The molecule has 5 rings (SSSR count). The van der Waals surface area contributed by atoms with E-state index in [2.05, 4.69) is 36.4 Å². The molecule has 1 fully saturated rings. The van der Waals surface area contributed by atoms with E-state index in [1.54, 1.807) is 0 Å². The predicted octanol–water partition coefficient (Wildman–Crippen LogP) is 5.61. The summed E-state index contributed by atoms with van der Waals surface area (Å²) in [7, 11) is 0. The van der Waals surface area contributed by atoms with Crippen molar-refractivity contribution in [1.82, 2.24) is 0 Å². The van der Waals surface area contributed by atoms with Gasteiger partial charge in [0.15, 0.2) is 5.78 Å². The minimum Gasteiger partial charge on any atom is -0.321 e. The maximum Gasteiger partial charge on any atom is 0.167 e. The third kappa shape index (κ3) is 3.26. The molecule has 0 unspecified atom stereocenters. The van der Waals surface area contributed by atoms with Crippen LogP contribution in [0.25, 0.3) is 10.8 Å². The molecule has 29 heavy (non-hydrogen) atoms. The Kier molecular flexibility index (Phi) is 4.30. The lowest BCUT2D eigenvalue weighted by Crippen LogP contribution is -2.21. The van der Waals surface area contributed by atoms with Crippen molar-refractivity contribution in [2.45, 2.75) is 24.3 Å². The van der Waals surface area contributed by atoms with Gasteiger partial charge in [-0.25, -0.2) is 0 Å². The first-order valence-electron chi connectivity index (χ1n) is 10.1. The van der Waals surface area contributed by atoms with Gasteiger partial charge in [0.2, 0.25) is 0 Å². The second kappa shape index (κ2) is 6.98. The van der Waals surface area contributed by atoms with Crippen molar-refractivity contribution in [3.05, 3.63) is 119 Å². The molecular formula is C27H23NO. The summed E-state index contributed by atoms with van der Waals surface area (Å²) in [6, 6.07) is 32.7. The van der Waals surface area contributed by atoms with Gasteiger partial charge < -0.3 is 5.73 Å². The third-order valence-electron chi connectivity index (χ3n) is 6.15. The Morgan fingerprint density at radius 1 is 0.828 bits per heavy atom. The fourth-order valence-corrected chi connectivity index (χ4v) is 4.38. The Morgan fingerprint density at radius 2 is 1.52 bits per heavy atom. The summed E-state index contributed by atoms with van der Waals surface area (Å²) in [5.41, 5.74) is 10.6. The van der Waals surface area contributed by atoms with Crippen LogP contribution in [0.1, 0.15) is 39.4 Å². The fraction of sp³-hybridized carbons (Fsp3) is 0.148. The average molecular weight is 377 g/mol. The molecule has 0 saturated heterocycles. The van der Waals surface area contributed by atoms with E-state index in [0.717, 1.165) is 28.3 Å². The number of hydrogen-bond acceptors (Lipinski definition) is 2. The number of benzene rings is 4. The zero-order chi connectivity index (χ0) is 19.8. The normalized spacial score (nSPS) is 20.5. The molecular weight excluding hydrogens is 354 g/mol. The van der Waals surface area contributed by atoms with E-state index in [4.69, 9.17) is 5.73 Å². The molecule has 2 heteroatoms. The van der Waals surface area contributed by atoms with Crippen LogP contribution in [0, 0.1) is 0 Å². The predicted molar refractivity (Wildman–Crippen MR) is 118 cm³/mol. The largest absolute Gasteiger partial charge is 0.321 e. The number of Topliss-reactive ketones (excluding diaryl/α,β-unsaturated/α-hetero) is 1. The topological polar surface area (TPSA) is 43.1 Å². The lowest BCUT2D eigenvalue weighted by Gasteiger charge is -2.12. The van der Waals surface area contributed by atoms with Gasteiger partial charge in [0.25, 0.3) is 0 Å². The lowest BCUT2D eigenvalue weighted by molar-refractivity contribution is 0.0994. The van der Waals surface area contributed by atoms with E-state index in [0.29, 0.717) is 12.3 Å². The molecule has 0 amide bonds. The van der Waals surface area contributed by atoms with Crippen LogP contribution in [0.4, 0.5) is 0 Å². The average Bonchev–Trinajstić information content (AvgIpc) is 3.47. The highest BCUT2D eigenvalue weighted by Gasteiger charge is 2.52. The molecule has 0 bridgehead atoms. The number of rotatable bonds is 5. The van der Waals surface area contributed by atoms with Crippen LogP contribution >= 0.6 is 0 Å². The number of fused-ring (bicyclic) bond motifs is 1. The highest BCUT2D eigenvalue weighted by molar-refractivity contribution is 6.08. The summed E-state index contributed by atoms with van der Waals surface area (Å²) in [6.45, 7) is 0. The Labute approximate surface area is 171 Å². The van der Waals surface area contributed by atoms with Gasteiger partial charge in [-0.05, 0) is 33.9 Å². The van der Waals surface area contributed by atoms with Gasteiger partial charge in [-0.1, -0.05) is 97.1 Å². The van der Waals surface area contributed by atoms with Crippen molar-refractivity contribution < 1.29 is 4.79 Å². The van der Waals surface area contributed by atoms with E-state index in [9.17, 15) is 4.79 Å². The number of nitrogens with two attached hydrogens (primary N) is 1. The van der Waals surface area contributed by atoms with Crippen molar-refractivity contribution >= 4 is 16.6 Å². The molecule has 4 aromatic carbocycles. The first-order valence-corrected chi connectivity index (χ1v) is 10.1. The number of carbonyl (C=O) groups is 1. The maximum absolute atomic E-state index is 12.9. The molecule has 4 aromatic rings. The molecule has 1 aliphatic carbocycles. The van der Waals surface area contributed by atoms with Crippen molar-refractivity contribution in [3.63, 3.8) is 0 Å². The Balaban J connectivity index is 1.33. The van der Waals surface area contributed by atoms with Gasteiger partial charge in [-0.15, -0.1) is 0 Å². The highest BCUT2D eigenvalue weighted by Crippen LogP contribution is 2.56. The van der Waals surface area contributed by atoms with Crippen LogP contribution in [0.5, 0.6) is 0 Å². The molecule has 1 saturated carbocycles. The second-order valence-corrected chi connectivity index (χ2v) is 8.03. The molecule has 2 atom stereocenters. The molecule has 1 aliphatic rings. The molecule has 2 N–H and O–H groups in total. The zero-order valence-electron chi connectivity index (χ0n) is 16.2. The first-order chi connectivity index (χ1) is 14.1. The van der Waals surface area contributed by atoms with Gasteiger partial charge in [0.1, 0.15) is 0 Å². The van der Waals surface area contributed by atoms with E-state index in [1.165, 1.54) is 11.1 Å². The summed E-state index contributed by atoms with van der Waals surface area (Å²) >= 11 is 0. The number of carbonyl (C=O) groups excluding carboxylic acids is 1.